The summed E-state index contributed by atoms with van der Waals surface area (Å²) in [6.07, 6.45) is -0.0175. The van der Waals surface area contributed by atoms with Gasteiger partial charge in [0, 0.05) is 0 Å². The van der Waals surface area contributed by atoms with Gasteiger partial charge in [-0.2, -0.15) is 0 Å². The molecule has 0 amide bonds. The van der Waals surface area contributed by atoms with E-state index in [0.717, 1.165) is 56.7 Å². The van der Waals surface area contributed by atoms with E-state index in [1.54, 1.807) is 47.8 Å². The predicted molar refractivity (Wildman–Crippen MR) is 139 cm³/mol. The average Bonchev–Trinajstić information content (AvgIpc) is 3.50. The number of rotatable bonds is 2. The fourth-order valence-corrected chi connectivity index (χ4v) is 12.9. The number of alkyl halides is 6. The number of thioether (sulfide) groups is 2. The molecule has 2 unspecified atom stereocenters. The molecule has 36 heavy (non-hydrogen) atoms. The molecule has 0 N–H and O–H groups in total. The zero-order valence-corrected chi connectivity index (χ0v) is 23.5. The van der Waals surface area contributed by atoms with E-state index in [0.29, 0.717) is 9.63 Å². The number of allylic oxidation sites excluding steroid dienone is 6. The zero-order valence-electron chi connectivity index (χ0n) is 18.4. The Bertz CT molecular complexity index is 1160. The van der Waals surface area contributed by atoms with E-state index in [1.165, 1.54) is 8.94 Å². The first-order valence-electron chi connectivity index (χ1n) is 10.9. The number of hydrogen-bond donors (Lipinski definition) is 0. The molecule has 3 aliphatic rings. The Morgan fingerprint density at radius 2 is 0.944 bits per heavy atom. The SMILES string of the molecule is FC(F)(F)c1ccc(/C2=C3\C=CC([Se]3)C3C=C/C(=C(\c4ccc(C(F)(F)F)cc4)SCCS2)[Se]3)cc1. The van der Waals surface area contributed by atoms with Crippen molar-refractivity contribution in [3.05, 3.63) is 104 Å². The monoisotopic (exact) mass is 668 g/mol. The van der Waals surface area contributed by atoms with Crippen molar-refractivity contribution < 1.29 is 26.3 Å². The average molecular weight is 666 g/mol. The maximum atomic E-state index is 13.1. The number of halogens is 6. The summed E-state index contributed by atoms with van der Waals surface area (Å²) in [5, 5.41) is 0. The van der Waals surface area contributed by atoms with Gasteiger partial charge in [-0.25, -0.2) is 0 Å². The predicted octanol–water partition coefficient (Wildman–Crippen LogP) is 8.37. The van der Waals surface area contributed by atoms with Gasteiger partial charge in [0.2, 0.25) is 0 Å². The molecule has 4 bridgehead atoms. The number of hydrogen-bond acceptors (Lipinski definition) is 2. The van der Waals surface area contributed by atoms with Crippen LogP contribution in [0.4, 0.5) is 26.3 Å². The quantitative estimate of drug-likeness (QED) is 0.234. The van der Waals surface area contributed by atoms with Crippen LogP contribution in [-0.2, 0) is 12.4 Å². The molecule has 0 aromatic heterocycles. The van der Waals surface area contributed by atoms with Crippen molar-refractivity contribution in [2.24, 2.45) is 0 Å². The van der Waals surface area contributed by atoms with E-state index in [4.69, 9.17) is 0 Å². The minimum absolute atomic E-state index is 0.151. The molecule has 0 radical (unpaired) electrons. The van der Waals surface area contributed by atoms with E-state index in [9.17, 15) is 26.3 Å². The van der Waals surface area contributed by atoms with Crippen LogP contribution in [0.25, 0.3) is 9.81 Å². The first-order chi connectivity index (χ1) is 17.1. The molecule has 3 aliphatic heterocycles. The molecule has 3 heterocycles. The van der Waals surface area contributed by atoms with E-state index < -0.39 is 23.5 Å². The topological polar surface area (TPSA) is 0 Å². The van der Waals surface area contributed by atoms with Gasteiger partial charge >= 0.3 is 227 Å². The second kappa shape index (κ2) is 10.5. The molecule has 0 aliphatic carbocycles. The summed E-state index contributed by atoms with van der Waals surface area (Å²) in [7, 11) is 0. The van der Waals surface area contributed by atoms with Gasteiger partial charge in [-0.05, 0) is 0 Å². The van der Waals surface area contributed by atoms with E-state index in [-0.39, 0.29) is 29.9 Å². The molecule has 0 nitrogen and oxygen atoms in total. The van der Waals surface area contributed by atoms with Crippen LogP contribution in [0.5, 0.6) is 0 Å². The fourth-order valence-electron chi connectivity index (χ4n) is 3.93. The molecular weight excluding hydrogens is 648 g/mol. The Labute approximate surface area is 226 Å². The van der Waals surface area contributed by atoms with Crippen molar-refractivity contribution in [2.75, 3.05) is 11.5 Å². The summed E-state index contributed by atoms with van der Waals surface area (Å²) >= 11 is 3.59. The van der Waals surface area contributed by atoms with Crippen molar-refractivity contribution in [1.29, 1.82) is 0 Å². The fraction of sp³-hybridized carbons (Fsp3) is 0.231. The third-order valence-electron chi connectivity index (χ3n) is 5.70. The Morgan fingerprint density at radius 1 is 0.583 bits per heavy atom. The summed E-state index contributed by atoms with van der Waals surface area (Å²) in [4.78, 5) is 2.78. The van der Waals surface area contributed by atoms with Crippen molar-refractivity contribution in [2.45, 2.75) is 22.0 Å². The first-order valence-corrected chi connectivity index (χ1v) is 16.5. The number of benzene rings is 2. The van der Waals surface area contributed by atoms with Crippen LogP contribution in [0.1, 0.15) is 22.3 Å². The normalized spacial score (nSPS) is 26.7. The van der Waals surface area contributed by atoms with Gasteiger partial charge in [0.05, 0.1) is 0 Å². The molecule has 5 rings (SSSR count). The molecule has 0 fully saturated rings. The van der Waals surface area contributed by atoms with Crippen molar-refractivity contribution in [3.63, 3.8) is 0 Å². The summed E-state index contributed by atoms with van der Waals surface area (Å²) in [6.45, 7) is 0. The zero-order chi connectivity index (χ0) is 25.5. The Hall–Kier alpha value is -1.28. The Morgan fingerprint density at radius 3 is 1.28 bits per heavy atom. The second-order valence-corrected chi connectivity index (χ2v) is 15.4. The van der Waals surface area contributed by atoms with Crippen LogP contribution in [0.15, 0.2) is 81.8 Å². The van der Waals surface area contributed by atoms with Gasteiger partial charge in [0.15, 0.2) is 0 Å². The van der Waals surface area contributed by atoms with E-state index >= 15 is 0 Å². The van der Waals surface area contributed by atoms with Crippen molar-refractivity contribution in [3.8, 4) is 0 Å². The van der Waals surface area contributed by atoms with Crippen molar-refractivity contribution >= 4 is 63.2 Å². The van der Waals surface area contributed by atoms with Gasteiger partial charge < -0.3 is 0 Å². The van der Waals surface area contributed by atoms with Crippen LogP contribution < -0.4 is 0 Å². The molecule has 0 saturated carbocycles. The van der Waals surface area contributed by atoms with Gasteiger partial charge in [-0.1, -0.05) is 0 Å². The molecule has 10 heteroatoms. The van der Waals surface area contributed by atoms with Gasteiger partial charge in [-0.3, -0.25) is 0 Å². The van der Waals surface area contributed by atoms with Crippen LogP contribution in [0, 0.1) is 0 Å². The third-order valence-corrected chi connectivity index (χ3v) is 15.2. The first kappa shape index (κ1) is 26.3. The van der Waals surface area contributed by atoms with Crippen molar-refractivity contribution in [1.82, 2.24) is 0 Å². The third kappa shape index (κ3) is 5.74. The maximum absolute atomic E-state index is 13.1. The van der Waals surface area contributed by atoms with Crippen LogP contribution in [0.2, 0.25) is 9.63 Å². The molecule has 2 aromatic carbocycles. The summed E-state index contributed by atoms with van der Waals surface area (Å²) in [5.74, 6) is 1.47. The Kier molecular flexibility index (Phi) is 7.66. The second-order valence-electron chi connectivity index (χ2n) is 8.12. The molecule has 0 saturated heterocycles. The molecule has 2 atom stereocenters. The van der Waals surface area contributed by atoms with E-state index in [2.05, 4.69) is 24.3 Å². The van der Waals surface area contributed by atoms with Crippen LogP contribution >= 0.6 is 23.5 Å². The summed E-state index contributed by atoms with van der Waals surface area (Å²) < 4.78 is 80.8. The number of fused-ring (bicyclic) bond motifs is 5. The Balaban J connectivity index is 1.43. The molecule has 2 aromatic rings. The van der Waals surface area contributed by atoms with Gasteiger partial charge in [0.25, 0.3) is 0 Å². The van der Waals surface area contributed by atoms with Crippen LogP contribution in [0.3, 0.4) is 0 Å². The molecule has 0 spiro atoms. The standard InChI is InChI=1S/C26H18F6S2Se2/c27-25(28,29)17-5-1-15(2-6-17)23-21-11-9-19(35-21)20-10-12-22(36-20)24(34-14-13-33-23)16-3-7-18(8-4-16)26(30,31)32/h1-12,19-20H,13-14H2/b23-21-,24-22-. The van der Waals surface area contributed by atoms with Crippen LogP contribution in [-0.4, -0.2) is 41.4 Å². The van der Waals surface area contributed by atoms with Gasteiger partial charge in [0.1, 0.15) is 0 Å². The van der Waals surface area contributed by atoms with E-state index in [1.807, 2.05) is 0 Å². The van der Waals surface area contributed by atoms with Gasteiger partial charge in [-0.15, -0.1) is 0 Å². The molecule has 188 valence electrons. The summed E-state index contributed by atoms with van der Waals surface area (Å²) in [5.41, 5.74) is 0.273. The minimum atomic E-state index is -4.37. The molecular formula is C26H18F6S2Se2. The summed E-state index contributed by atoms with van der Waals surface area (Å²) in [6, 6.07) is 10.8.